The van der Waals surface area contributed by atoms with Crippen LogP contribution >= 0.6 is 11.5 Å². The monoisotopic (exact) mass is 534 g/mol. The van der Waals surface area contributed by atoms with Crippen LogP contribution in [0.5, 0.6) is 5.88 Å². The summed E-state index contributed by atoms with van der Waals surface area (Å²) in [5, 5.41) is 17.8. The number of hydrogen-bond acceptors (Lipinski definition) is 8. The van der Waals surface area contributed by atoms with Crippen LogP contribution in [0.1, 0.15) is 58.4 Å². The zero-order chi connectivity index (χ0) is 26.4. The molecule has 2 aromatic rings. The molecule has 4 rings (SSSR count). The second-order valence-corrected chi connectivity index (χ2v) is 10.0. The molecule has 13 heteroatoms. The minimum absolute atomic E-state index is 0.113. The van der Waals surface area contributed by atoms with Crippen molar-refractivity contribution in [2.45, 2.75) is 50.9 Å². The Labute approximate surface area is 217 Å². The number of carbonyl (C=O) groups excluding carboxylic acids is 3. The van der Waals surface area contributed by atoms with Gasteiger partial charge in [0.1, 0.15) is 23.0 Å². The lowest BCUT2D eigenvalue weighted by atomic mass is 10.1. The van der Waals surface area contributed by atoms with Crippen molar-refractivity contribution in [3.8, 4) is 5.88 Å². The van der Waals surface area contributed by atoms with Gasteiger partial charge in [-0.05, 0) is 68.4 Å². The molecule has 1 atom stereocenters. The number of nitrogens with two attached hydrogens (primary N) is 1. The first-order valence-electron chi connectivity index (χ1n) is 12.3. The number of urea groups is 1. The Morgan fingerprint density at radius 2 is 2.05 bits per heavy atom. The van der Waals surface area contributed by atoms with Crippen LogP contribution in [-0.4, -0.2) is 70.6 Å². The molecule has 0 spiro atoms. The quantitative estimate of drug-likeness (QED) is 0.260. The van der Waals surface area contributed by atoms with Gasteiger partial charge in [0.05, 0.1) is 6.10 Å². The molecule has 1 aromatic heterocycles. The number of hydrogen-bond donors (Lipinski definition) is 5. The van der Waals surface area contributed by atoms with Crippen molar-refractivity contribution in [3.05, 3.63) is 40.7 Å². The Morgan fingerprint density at radius 1 is 1.24 bits per heavy atom. The van der Waals surface area contributed by atoms with Crippen LogP contribution in [0.15, 0.2) is 18.2 Å². The van der Waals surface area contributed by atoms with Crippen molar-refractivity contribution in [3.63, 3.8) is 0 Å². The van der Waals surface area contributed by atoms with Gasteiger partial charge in [0.15, 0.2) is 0 Å². The Morgan fingerprint density at radius 3 is 2.76 bits per heavy atom. The fourth-order valence-corrected chi connectivity index (χ4v) is 4.71. The lowest BCUT2D eigenvalue weighted by Gasteiger charge is -2.14. The largest absolute Gasteiger partial charge is 0.471 e. The standard InChI is InChI=1S/C24H31FN6O5S/c25-18-6-3-14(21(34)28-16-4-5-16)11-15(18)13-36-22-19(20(26)33)23(37-30-22)29-24(35)27-8-1-2-9-31-10-7-17(32)12-31/h3,6,11,16-17,32H,1-2,4-5,7-10,12-13H2,(H2,26,33)(H,28,34)(H2,27,29,35)/t17-/m0/s1. The van der Waals surface area contributed by atoms with Gasteiger partial charge in [0.25, 0.3) is 11.8 Å². The number of aliphatic hydroxyl groups excluding tert-OH is 1. The van der Waals surface area contributed by atoms with Gasteiger partial charge in [0.2, 0.25) is 5.88 Å². The van der Waals surface area contributed by atoms with Crippen molar-refractivity contribution < 1.29 is 28.6 Å². The van der Waals surface area contributed by atoms with Crippen LogP contribution in [0.25, 0.3) is 0 Å². The number of amides is 4. The Hall–Kier alpha value is -3.29. The molecule has 0 radical (unpaired) electrons. The number of β-amino-alcohol motifs (C(OH)–C–C–N with tert-alkyl or cyclic N) is 1. The van der Waals surface area contributed by atoms with Crippen molar-refractivity contribution in [2.24, 2.45) is 5.73 Å². The van der Waals surface area contributed by atoms with E-state index in [1.807, 2.05) is 0 Å². The fourth-order valence-electron chi connectivity index (χ4n) is 3.97. The number of aliphatic hydroxyl groups is 1. The summed E-state index contributed by atoms with van der Waals surface area (Å²) in [6, 6.07) is 3.61. The average molecular weight is 535 g/mol. The van der Waals surface area contributed by atoms with Crippen molar-refractivity contribution in [1.82, 2.24) is 19.9 Å². The van der Waals surface area contributed by atoms with Crippen molar-refractivity contribution in [1.29, 1.82) is 0 Å². The zero-order valence-electron chi connectivity index (χ0n) is 20.3. The van der Waals surface area contributed by atoms with E-state index in [0.29, 0.717) is 18.7 Å². The van der Waals surface area contributed by atoms with Crippen molar-refractivity contribution in [2.75, 3.05) is 31.5 Å². The van der Waals surface area contributed by atoms with Gasteiger partial charge in [0, 0.05) is 36.8 Å². The predicted octanol–water partition coefficient (Wildman–Crippen LogP) is 1.82. The molecule has 11 nitrogen and oxygen atoms in total. The maximum Gasteiger partial charge on any atom is 0.319 e. The summed E-state index contributed by atoms with van der Waals surface area (Å²) in [6.45, 7) is 2.57. The highest BCUT2D eigenvalue weighted by Gasteiger charge is 2.25. The fraction of sp³-hybridized carbons (Fsp3) is 0.500. The number of unbranched alkanes of at least 4 members (excludes halogenated alkanes) is 1. The van der Waals surface area contributed by atoms with E-state index >= 15 is 0 Å². The summed E-state index contributed by atoms with van der Waals surface area (Å²) in [7, 11) is 0. The Bertz CT molecular complexity index is 1140. The summed E-state index contributed by atoms with van der Waals surface area (Å²) < 4.78 is 23.9. The molecular formula is C24H31FN6O5S. The second kappa shape index (κ2) is 12.3. The topological polar surface area (TPSA) is 159 Å². The molecule has 2 fully saturated rings. The number of anilines is 1. The number of carbonyl (C=O) groups is 3. The smallest absolute Gasteiger partial charge is 0.319 e. The van der Waals surface area contributed by atoms with Crippen LogP contribution < -0.4 is 26.4 Å². The third-order valence-corrected chi connectivity index (χ3v) is 6.90. The molecule has 1 aliphatic carbocycles. The predicted molar refractivity (Wildman–Crippen MR) is 135 cm³/mol. The summed E-state index contributed by atoms with van der Waals surface area (Å²) in [6.07, 6.45) is 4.03. The molecule has 1 saturated carbocycles. The average Bonchev–Trinajstić information content (AvgIpc) is 3.43. The molecule has 2 heterocycles. The summed E-state index contributed by atoms with van der Waals surface area (Å²) >= 11 is 0.819. The SMILES string of the molecule is NC(=O)c1c(OCc2cc(C(=O)NC3CC3)ccc2F)nsc1NC(=O)NCCCCN1CC[C@H](O)C1. The van der Waals surface area contributed by atoms with E-state index in [1.165, 1.54) is 18.2 Å². The molecule has 2 aliphatic rings. The number of benzene rings is 1. The van der Waals surface area contributed by atoms with Crippen LogP contribution in [0, 0.1) is 5.82 Å². The lowest BCUT2D eigenvalue weighted by molar-refractivity contribution is 0.0949. The minimum Gasteiger partial charge on any atom is -0.471 e. The number of primary amides is 1. The number of nitrogens with one attached hydrogen (secondary N) is 3. The summed E-state index contributed by atoms with van der Waals surface area (Å²) in [5.41, 5.74) is 5.79. The molecule has 37 heavy (non-hydrogen) atoms. The van der Waals surface area contributed by atoms with E-state index in [0.717, 1.165) is 56.7 Å². The minimum atomic E-state index is -0.857. The molecule has 6 N–H and O–H groups in total. The first-order valence-corrected chi connectivity index (χ1v) is 13.0. The first-order chi connectivity index (χ1) is 17.8. The van der Waals surface area contributed by atoms with Gasteiger partial charge in [-0.25, -0.2) is 9.18 Å². The zero-order valence-corrected chi connectivity index (χ0v) is 21.1. The third-order valence-electron chi connectivity index (χ3n) is 6.15. The molecule has 0 unspecified atom stereocenters. The van der Waals surface area contributed by atoms with Crippen molar-refractivity contribution >= 4 is 34.4 Å². The van der Waals surface area contributed by atoms with Crippen LogP contribution in [0.2, 0.25) is 0 Å². The highest BCUT2D eigenvalue weighted by molar-refractivity contribution is 7.11. The molecular weight excluding hydrogens is 503 g/mol. The van der Waals surface area contributed by atoms with Crippen LogP contribution in [-0.2, 0) is 6.61 Å². The van der Waals surface area contributed by atoms with Gasteiger partial charge in [-0.3, -0.25) is 14.9 Å². The van der Waals surface area contributed by atoms with Gasteiger partial charge in [-0.1, -0.05) is 0 Å². The van der Waals surface area contributed by atoms with E-state index < -0.39 is 17.8 Å². The van der Waals surface area contributed by atoms with E-state index in [1.54, 1.807) is 0 Å². The number of ether oxygens (including phenoxy) is 1. The number of halogens is 1. The van der Waals surface area contributed by atoms with Gasteiger partial charge < -0.3 is 31.1 Å². The van der Waals surface area contributed by atoms with Gasteiger partial charge in [-0.15, -0.1) is 0 Å². The number of likely N-dealkylation sites (tertiary alicyclic amines) is 1. The molecule has 1 saturated heterocycles. The number of nitrogens with zero attached hydrogens (tertiary/aromatic N) is 2. The third kappa shape index (κ3) is 7.60. The second-order valence-electron chi connectivity index (χ2n) is 9.23. The molecule has 0 bridgehead atoms. The maximum atomic E-state index is 14.3. The van der Waals surface area contributed by atoms with E-state index in [2.05, 4.69) is 25.2 Å². The molecule has 1 aromatic carbocycles. The summed E-state index contributed by atoms with van der Waals surface area (Å²) in [5.74, 6) is -1.85. The number of rotatable bonds is 12. The van der Waals surface area contributed by atoms with Gasteiger partial charge >= 0.3 is 6.03 Å². The molecule has 1 aliphatic heterocycles. The Balaban J connectivity index is 1.28. The summed E-state index contributed by atoms with van der Waals surface area (Å²) in [4.78, 5) is 38.8. The normalized spacial score (nSPS) is 17.4. The molecule has 4 amide bonds. The van der Waals surface area contributed by atoms with Crippen LogP contribution in [0.4, 0.5) is 14.2 Å². The van der Waals surface area contributed by atoms with Crippen LogP contribution in [0.3, 0.4) is 0 Å². The van der Waals surface area contributed by atoms with E-state index in [4.69, 9.17) is 10.5 Å². The van der Waals surface area contributed by atoms with Gasteiger partial charge in [-0.2, -0.15) is 4.37 Å². The highest BCUT2D eigenvalue weighted by Crippen LogP contribution is 2.31. The lowest BCUT2D eigenvalue weighted by Crippen LogP contribution is -2.31. The number of aromatic nitrogens is 1. The van der Waals surface area contributed by atoms with E-state index in [-0.39, 0.29) is 46.7 Å². The maximum absolute atomic E-state index is 14.3. The molecule has 200 valence electrons. The first kappa shape index (κ1) is 26.8. The Kier molecular flexibility index (Phi) is 8.90. The highest BCUT2D eigenvalue weighted by atomic mass is 32.1. The van der Waals surface area contributed by atoms with E-state index in [9.17, 15) is 23.9 Å².